The molecule has 24 heavy (non-hydrogen) atoms. The van der Waals surface area contributed by atoms with Gasteiger partial charge in [0.1, 0.15) is 0 Å². The molecule has 0 amide bonds. The Balaban J connectivity index is 2.93. The van der Waals surface area contributed by atoms with Crippen LogP contribution >= 0.6 is 0 Å². The van der Waals surface area contributed by atoms with Crippen LogP contribution in [0.1, 0.15) is 117 Å². The molecule has 0 aromatic rings. The van der Waals surface area contributed by atoms with Gasteiger partial charge in [-0.05, 0) is 12.8 Å². The van der Waals surface area contributed by atoms with Crippen molar-refractivity contribution in [2.45, 2.75) is 117 Å². The Labute approximate surface area is 153 Å². The molecule has 0 spiro atoms. The molecule has 146 valence electrons. The van der Waals surface area contributed by atoms with Crippen molar-refractivity contribution in [3.05, 3.63) is 0 Å². The Hall–Kier alpha value is -0.0800. The molecule has 0 saturated carbocycles. The van der Waals surface area contributed by atoms with Gasteiger partial charge < -0.3 is 9.47 Å². The minimum Gasteiger partial charge on any atom is -0.379 e. The molecular formula is C22H46O2. The molecule has 0 aliphatic carbocycles. The third kappa shape index (κ3) is 21.9. The zero-order valence-corrected chi connectivity index (χ0v) is 17.0. The van der Waals surface area contributed by atoms with Gasteiger partial charge in [-0.2, -0.15) is 0 Å². The van der Waals surface area contributed by atoms with Crippen molar-refractivity contribution in [3.8, 4) is 0 Å². The summed E-state index contributed by atoms with van der Waals surface area (Å²) in [5, 5.41) is 0. The van der Waals surface area contributed by atoms with Crippen molar-refractivity contribution in [1.29, 1.82) is 0 Å². The number of hydrogen-bond acceptors (Lipinski definition) is 2. The summed E-state index contributed by atoms with van der Waals surface area (Å²) in [6.07, 6.45) is 21.9. The fourth-order valence-corrected chi connectivity index (χ4v) is 3.00. The average Bonchev–Trinajstić information content (AvgIpc) is 2.60. The highest BCUT2D eigenvalue weighted by molar-refractivity contribution is 4.48. The van der Waals surface area contributed by atoms with Crippen LogP contribution in [0.25, 0.3) is 0 Å². The third-order valence-corrected chi connectivity index (χ3v) is 4.66. The lowest BCUT2D eigenvalue weighted by molar-refractivity contribution is 0.0449. The van der Waals surface area contributed by atoms with Crippen molar-refractivity contribution < 1.29 is 9.47 Å². The summed E-state index contributed by atoms with van der Waals surface area (Å²) < 4.78 is 11.2. The van der Waals surface area contributed by atoms with E-state index in [1.807, 2.05) is 0 Å². The molecule has 0 aliphatic rings. The van der Waals surface area contributed by atoms with Crippen LogP contribution in [0.5, 0.6) is 0 Å². The first kappa shape index (κ1) is 23.9. The molecule has 0 aromatic heterocycles. The van der Waals surface area contributed by atoms with E-state index in [1.165, 1.54) is 103 Å². The summed E-state index contributed by atoms with van der Waals surface area (Å²) in [6.45, 7) is 7.88. The normalized spacial score (nSPS) is 11.2. The van der Waals surface area contributed by atoms with Gasteiger partial charge in [0.2, 0.25) is 0 Å². The molecule has 0 heterocycles. The molecule has 0 N–H and O–H groups in total. The van der Waals surface area contributed by atoms with E-state index in [4.69, 9.17) is 9.47 Å². The van der Waals surface area contributed by atoms with E-state index in [0.29, 0.717) is 0 Å². The molecule has 0 bridgehead atoms. The molecule has 0 aromatic carbocycles. The quantitative estimate of drug-likeness (QED) is 0.204. The third-order valence-electron chi connectivity index (χ3n) is 4.66. The summed E-state index contributed by atoms with van der Waals surface area (Å²) in [4.78, 5) is 0. The van der Waals surface area contributed by atoms with Crippen LogP contribution in [0.4, 0.5) is 0 Å². The summed E-state index contributed by atoms with van der Waals surface area (Å²) in [5.74, 6) is 0. The van der Waals surface area contributed by atoms with Crippen molar-refractivity contribution in [2.24, 2.45) is 0 Å². The highest BCUT2D eigenvalue weighted by atomic mass is 16.5. The number of hydrogen-bond donors (Lipinski definition) is 0. The predicted molar refractivity (Wildman–Crippen MR) is 107 cm³/mol. The SMILES string of the molecule is CCCCCCCCCCCCCCOCCOCCCCCC. The molecule has 0 aliphatic heterocycles. The maximum absolute atomic E-state index is 5.63. The Morgan fingerprint density at radius 2 is 0.625 bits per heavy atom. The molecular weight excluding hydrogens is 296 g/mol. The molecule has 2 nitrogen and oxygen atoms in total. The first-order chi connectivity index (χ1) is 11.9. The largest absolute Gasteiger partial charge is 0.379 e. The van der Waals surface area contributed by atoms with Gasteiger partial charge in [0.05, 0.1) is 13.2 Å². The molecule has 2 heteroatoms. The van der Waals surface area contributed by atoms with E-state index in [-0.39, 0.29) is 0 Å². The second-order valence-electron chi connectivity index (χ2n) is 7.17. The summed E-state index contributed by atoms with van der Waals surface area (Å²) in [7, 11) is 0. The van der Waals surface area contributed by atoms with Crippen LogP contribution < -0.4 is 0 Å². The summed E-state index contributed by atoms with van der Waals surface area (Å²) in [6, 6.07) is 0. The van der Waals surface area contributed by atoms with E-state index in [2.05, 4.69) is 13.8 Å². The van der Waals surface area contributed by atoms with Gasteiger partial charge in [-0.15, -0.1) is 0 Å². The monoisotopic (exact) mass is 342 g/mol. The first-order valence-corrected chi connectivity index (χ1v) is 11.1. The van der Waals surface area contributed by atoms with Crippen LogP contribution in [0.3, 0.4) is 0 Å². The van der Waals surface area contributed by atoms with E-state index in [1.54, 1.807) is 0 Å². The second-order valence-corrected chi connectivity index (χ2v) is 7.17. The molecule has 0 fully saturated rings. The van der Waals surface area contributed by atoms with Gasteiger partial charge in [-0.25, -0.2) is 0 Å². The minimum atomic E-state index is 0.768. The van der Waals surface area contributed by atoms with Gasteiger partial charge in [0.25, 0.3) is 0 Å². The van der Waals surface area contributed by atoms with Gasteiger partial charge >= 0.3 is 0 Å². The van der Waals surface area contributed by atoms with Crippen LogP contribution in [0, 0.1) is 0 Å². The zero-order chi connectivity index (χ0) is 17.6. The van der Waals surface area contributed by atoms with Gasteiger partial charge in [0, 0.05) is 13.2 Å². The lowest BCUT2D eigenvalue weighted by Gasteiger charge is -2.06. The van der Waals surface area contributed by atoms with E-state index < -0.39 is 0 Å². The number of unbranched alkanes of at least 4 members (excludes halogenated alkanes) is 14. The molecule has 0 rings (SSSR count). The van der Waals surface area contributed by atoms with Crippen molar-refractivity contribution >= 4 is 0 Å². The van der Waals surface area contributed by atoms with Crippen LogP contribution in [-0.4, -0.2) is 26.4 Å². The number of rotatable bonds is 21. The second kappa shape index (κ2) is 22.9. The van der Waals surface area contributed by atoms with Gasteiger partial charge in [-0.3, -0.25) is 0 Å². The van der Waals surface area contributed by atoms with Crippen LogP contribution in [-0.2, 0) is 9.47 Å². The first-order valence-electron chi connectivity index (χ1n) is 11.1. The fraction of sp³-hybridized carbons (Fsp3) is 1.00. The van der Waals surface area contributed by atoms with Crippen molar-refractivity contribution in [2.75, 3.05) is 26.4 Å². The molecule has 0 atom stereocenters. The highest BCUT2D eigenvalue weighted by Crippen LogP contribution is 2.11. The van der Waals surface area contributed by atoms with Gasteiger partial charge in [0.15, 0.2) is 0 Å². The number of ether oxygens (including phenoxy) is 2. The smallest absolute Gasteiger partial charge is 0.0700 e. The van der Waals surface area contributed by atoms with E-state index in [9.17, 15) is 0 Å². The highest BCUT2D eigenvalue weighted by Gasteiger charge is 1.94. The Morgan fingerprint density at radius 1 is 0.333 bits per heavy atom. The predicted octanol–water partition coefficient (Wildman–Crippen LogP) is 7.30. The maximum atomic E-state index is 5.63. The van der Waals surface area contributed by atoms with Crippen molar-refractivity contribution in [3.63, 3.8) is 0 Å². The maximum Gasteiger partial charge on any atom is 0.0700 e. The minimum absolute atomic E-state index is 0.768. The zero-order valence-electron chi connectivity index (χ0n) is 17.0. The average molecular weight is 343 g/mol. The topological polar surface area (TPSA) is 18.5 Å². The lowest BCUT2D eigenvalue weighted by atomic mass is 10.1. The van der Waals surface area contributed by atoms with E-state index in [0.717, 1.165) is 26.4 Å². The molecule has 0 radical (unpaired) electrons. The molecule has 0 unspecified atom stereocenters. The van der Waals surface area contributed by atoms with E-state index >= 15 is 0 Å². The Morgan fingerprint density at radius 3 is 1.00 bits per heavy atom. The van der Waals surface area contributed by atoms with Crippen LogP contribution in [0.15, 0.2) is 0 Å². The van der Waals surface area contributed by atoms with Crippen molar-refractivity contribution in [1.82, 2.24) is 0 Å². The summed E-state index contributed by atoms with van der Waals surface area (Å²) in [5.41, 5.74) is 0. The Kier molecular flexibility index (Phi) is 22.8. The standard InChI is InChI=1S/C22H46O2/c1-3-5-7-9-10-11-12-13-14-15-16-18-20-24-22-21-23-19-17-8-6-4-2/h3-22H2,1-2H3. The fourth-order valence-electron chi connectivity index (χ4n) is 3.00. The van der Waals surface area contributed by atoms with Crippen LogP contribution in [0.2, 0.25) is 0 Å². The Bertz CT molecular complexity index is 184. The lowest BCUT2D eigenvalue weighted by Crippen LogP contribution is -2.06. The van der Waals surface area contributed by atoms with Gasteiger partial charge in [-0.1, -0.05) is 104 Å². The summed E-state index contributed by atoms with van der Waals surface area (Å²) >= 11 is 0. The molecule has 0 saturated heterocycles.